The van der Waals surface area contributed by atoms with Crippen molar-refractivity contribution >= 4 is 0 Å². The topological polar surface area (TPSA) is 12.9 Å². The highest BCUT2D eigenvalue weighted by atomic mass is 19.3. The fourth-order valence-electron chi connectivity index (χ4n) is 0.716. The number of nitrogens with zero attached hydrogens (tertiary/aromatic N) is 1. The summed E-state index contributed by atoms with van der Waals surface area (Å²) in [5.74, 6) is 2.13. The lowest BCUT2D eigenvalue weighted by Crippen LogP contribution is -1.90. The quantitative estimate of drug-likeness (QED) is 0.562. The molecule has 0 aliphatic carbocycles. The van der Waals surface area contributed by atoms with Gasteiger partial charge in [0.05, 0.1) is 5.56 Å². The number of rotatable bonds is 1. The molecule has 0 N–H and O–H groups in total. The Balaban J connectivity index is 3.15. The maximum atomic E-state index is 12.1. The predicted molar refractivity (Wildman–Crippen MR) is 37.1 cm³/mol. The molecule has 1 aromatic heterocycles. The minimum atomic E-state index is -2.52. The summed E-state index contributed by atoms with van der Waals surface area (Å²) in [6.45, 7) is 0. The number of pyridine rings is 1. The Labute approximate surface area is 63.1 Å². The molecule has 0 amide bonds. The van der Waals surface area contributed by atoms with Crippen molar-refractivity contribution in [2.24, 2.45) is 0 Å². The Morgan fingerprint density at radius 2 is 2.27 bits per heavy atom. The van der Waals surface area contributed by atoms with Gasteiger partial charge < -0.3 is 0 Å². The minimum Gasteiger partial charge on any atom is -0.263 e. The molecule has 0 saturated carbocycles. The summed E-state index contributed by atoms with van der Waals surface area (Å²) in [6.07, 6.45) is 4.99. The molecule has 0 aliphatic rings. The highest BCUT2D eigenvalue weighted by Gasteiger charge is 2.09. The summed E-state index contributed by atoms with van der Waals surface area (Å²) in [4.78, 5) is 3.62. The van der Waals surface area contributed by atoms with Crippen molar-refractivity contribution in [3.8, 4) is 12.3 Å². The van der Waals surface area contributed by atoms with Gasteiger partial charge in [-0.3, -0.25) is 4.98 Å². The second-order valence-corrected chi connectivity index (χ2v) is 1.91. The smallest absolute Gasteiger partial charge is 0.263 e. The molecule has 0 aliphatic heterocycles. The molecule has 0 aromatic carbocycles. The van der Waals surface area contributed by atoms with Gasteiger partial charge in [0.1, 0.15) is 0 Å². The second-order valence-electron chi connectivity index (χ2n) is 1.91. The molecule has 0 unspecified atom stereocenters. The molecular formula is C8H5F2N. The first-order chi connectivity index (χ1) is 5.25. The zero-order valence-electron chi connectivity index (χ0n) is 5.59. The fourth-order valence-corrected chi connectivity index (χ4v) is 0.716. The lowest BCUT2D eigenvalue weighted by Gasteiger charge is -2.00. The Morgan fingerprint density at radius 1 is 1.55 bits per heavy atom. The van der Waals surface area contributed by atoms with Crippen LogP contribution in [0.2, 0.25) is 0 Å². The van der Waals surface area contributed by atoms with E-state index in [-0.39, 0.29) is 11.1 Å². The van der Waals surface area contributed by atoms with E-state index in [1.54, 1.807) is 0 Å². The highest BCUT2D eigenvalue weighted by Crippen LogP contribution is 2.20. The number of hydrogen-bond donors (Lipinski definition) is 0. The number of halogens is 2. The fraction of sp³-hybridized carbons (Fsp3) is 0.125. The average molecular weight is 153 g/mol. The van der Waals surface area contributed by atoms with E-state index in [0.717, 1.165) is 0 Å². The zero-order chi connectivity index (χ0) is 8.27. The molecule has 11 heavy (non-hydrogen) atoms. The summed E-state index contributed by atoms with van der Waals surface area (Å²) in [5.41, 5.74) is 0.0185. The largest absolute Gasteiger partial charge is 0.265 e. The zero-order valence-corrected chi connectivity index (χ0v) is 5.59. The first kappa shape index (κ1) is 7.67. The van der Waals surface area contributed by atoms with Crippen LogP contribution < -0.4 is 0 Å². The average Bonchev–Trinajstić information content (AvgIpc) is 2.04. The number of hydrogen-bond acceptors (Lipinski definition) is 1. The number of terminal acetylenes is 1. The highest BCUT2D eigenvalue weighted by molar-refractivity contribution is 5.37. The van der Waals surface area contributed by atoms with Gasteiger partial charge in [0.2, 0.25) is 0 Å². The Morgan fingerprint density at radius 3 is 2.73 bits per heavy atom. The van der Waals surface area contributed by atoms with Crippen molar-refractivity contribution in [2.45, 2.75) is 6.43 Å². The molecule has 0 fully saturated rings. The summed E-state index contributed by atoms with van der Waals surface area (Å²) in [7, 11) is 0. The Hall–Kier alpha value is -1.43. The standard InChI is InChI=1S/C8H5F2N/c1-2-6-5-11-4-3-7(6)8(9)10/h1,3-5,8H. The third-order valence-electron chi connectivity index (χ3n) is 1.25. The third kappa shape index (κ3) is 1.53. The van der Waals surface area contributed by atoms with Crippen molar-refractivity contribution in [1.82, 2.24) is 4.98 Å². The number of aromatic nitrogens is 1. The SMILES string of the molecule is C#Cc1cnccc1C(F)F. The third-order valence-corrected chi connectivity index (χ3v) is 1.25. The van der Waals surface area contributed by atoms with Crippen LogP contribution in [0.15, 0.2) is 18.5 Å². The lowest BCUT2D eigenvalue weighted by atomic mass is 10.1. The van der Waals surface area contributed by atoms with E-state index in [4.69, 9.17) is 6.42 Å². The first-order valence-corrected chi connectivity index (χ1v) is 2.94. The first-order valence-electron chi connectivity index (χ1n) is 2.94. The predicted octanol–water partition coefficient (Wildman–Crippen LogP) is 2.00. The summed E-state index contributed by atoms with van der Waals surface area (Å²) >= 11 is 0. The van der Waals surface area contributed by atoms with Crippen molar-refractivity contribution in [3.05, 3.63) is 29.6 Å². The maximum absolute atomic E-state index is 12.1. The molecule has 0 atom stereocenters. The van der Waals surface area contributed by atoms with Gasteiger partial charge >= 0.3 is 0 Å². The van der Waals surface area contributed by atoms with Gasteiger partial charge in [0.15, 0.2) is 0 Å². The van der Waals surface area contributed by atoms with Gasteiger partial charge in [-0.25, -0.2) is 8.78 Å². The lowest BCUT2D eigenvalue weighted by molar-refractivity contribution is 0.151. The van der Waals surface area contributed by atoms with Crippen LogP contribution in [-0.4, -0.2) is 4.98 Å². The molecule has 1 rings (SSSR count). The molecule has 1 nitrogen and oxygen atoms in total. The van der Waals surface area contributed by atoms with Gasteiger partial charge in [-0.2, -0.15) is 0 Å². The molecule has 0 saturated heterocycles. The molecule has 3 heteroatoms. The van der Waals surface area contributed by atoms with Crippen molar-refractivity contribution in [2.75, 3.05) is 0 Å². The van der Waals surface area contributed by atoms with Crippen LogP contribution in [0.3, 0.4) is 0 Å². The molecule has 1 heterocycles. The summed E-state index contributed by atoms with van der Waals surface area (Å²) in [5, 5.41) is 0. The Bertz CT molecular complexity index is 288. The van der Waals surface area contributed by atoms with Gasteiger partial charge in [-0.1, -0.05) is 5.92 Å². The van der Waals surface area contributed by atoms with Gasteiger partial charge in [-0.15, -0.1) is 6.42 Å². The van der Waals surface area contributed by atoms with E-state index in [9.17, 15) is 8.78 Å². The minimum absolute atomic E-state index is 0.137. The molecule has 1 aromatic rings. The molecular weight excluding hydrogens is 148 g/mol. The molecule has 0 spiro atoms. The van der Waals surface area contributed by atoms with E-state index in [1.165, 1.54) is 18.5 Å². The normalized spacial score (nSPS) is 9.64. The Kier molecular flexibility index (Phi) is 2.17. The van der Waals surface area contributed by atoms with E-state index in [1.807, 2.05) is 0 Å². The van der Waals surface area contributed by atoms with Crippen molar-refractivity contribution in [1.29, 1.82) is 0 Å². The van der Waals surface area contributed by atoms with Crippen LogP contribution >= 0.6 is 0 Å². The molecule has 0 radical (unpaired) electrons. The molecule has 0 bridgehead atoms. The van der Waals surface area contributed by atoms with Crippen LogP contribution in [0.25, 0.3) is 0 Å². The second kappa shape index (κ2) is 3.11. The van der Waals surface area contributed by atoms with Crippen LogP contribution in [0, 0.1) is 12.3 Å². The maximum Gasteiger partial charge on any atom is 0.265 e. The number of alkyl halides is 2. The van der Waals surface area contributed by atoms with E-state index in [0.29, 0.717) is 0 Å². The summed E-state index contributed by atoms with van der Waals surface area (Å²) < 4.78 is 24.2. The van der Waals surface area contributed by atoms with Crippen molar-refractivity contribution < 1.29 is 8.78 Å². The van der Waals surface area contributed by atoms with Gasteiger partial charge in [0.25, 0.3) is 6.43 Å². The van der Waals surface area contributed by atoms with Crippen molar-refractivity contribution in [3.63, 3.8) is 0 Å². The van der Waals surface area contributed by atoms with Crippen LogP contribution in [0.4, 0.5) is 8.78 Å². The van der Waals surface area contributed by atoms with E-state index < -0.39 is 6.43 Å². The monoisotopic (exact) mass is 153 g/mol. The van der Waals surface area contributed by atoms with Gasteiger partial charge in [-0.05, 0) is 6.07 Å². The summed E-state index contributed by atoms with van der Waals surface area (Å²) in [6, 6.07) is 1.22. The van der Waals surface area contributed by atoms with E-state index in [2.05, 4.69) is 10.9 Å². The molecule has 56 valence electrons. The van der Waals surface area contributed by atoms with Crippen LogP contribution in [0.5, 0.6) is 0 Å². The van der Waals surface area contributed by atoms with Crippen LogP contribution in [0.1, 0.15) is 17.6 Å². The van der Waals surface area contributed by atoms with E-state index >= 15 is 0 Å². The van der Waals surface area contributed by atoms with Gasteiger partial charge in [0, 0.05) is 18.0 Å². The van der Waals surface area contributed by atoms with Crippen LogP contribution in [-0.2, 0) is 0 Å².